The zero-order valence-corrected chi connectivity index (χ0v) is 53.3. The van der Waals surface area contributed by atoms with E-state index < -0.39 is 6.10 Å². The van der Waals surface area contributed by atoms with Crippen molar-refractivity contribution in [2.45, 2.75) is 367 Å². The standard InChI is InChI=1S/C74H132O6/c1-4-7-10-13-16-19-22-25-28-31-33-34-35-36-37-38-39-40-42-43-46-49-52-55-58-61-64-67-73(76)79-70-71(69-78-72(75)66-63-60-57-54-51-48-45-30-27-24-21-18-15-12-9-6-3)80-74(77)68-65-62-59-56-53-50-47-44-41-32-29-26-23-20-17-14-11-8-5-2/h8,11,17,20,26,29,41,44,50,53,59,62,71H,4-7,9-10,12-16,18-19,21-25,27-28,30-40,42-43,45-49,51-52,54-58,60-61,63-70H2,1-3H3/b11-8-,20-17-,29-26-,44-41-,53-50-,62-59-. The van der Waals surface area contributed by atoms with Gasteiger partial charge in [-0.1, -0.05) is 357 Å². The molecule has 0 bridgehead atoms. The molecule has 0 aromatic rings. The summed E-state index contributed by atoms with van der Waals surface area (Å²) in [5.41, 5.74) is 0. The maximum atomic E-state index is 12.9. The molecule has 0 aromatic carbocycles. The first-order chi connectivity index (χ1) is 39.5. The van der Waals surface area contributed by atoms with Crippen LogP contribution in [0.3, 0.4) is 0 Å². The second kappa shape index (κ2) is 68.3. The van der Waals surface area contributed by atoms with E-state index in [1.807, 2.05) is 6.08 Å². The Hall–Kier alpha value is -3.15. The molecule has 0 fully saturated rings. The molecule has 1 atom stereocenters. The second-order valence-electron chi connectivity index (χ2n) is 23.4. The predicted octanol–water partition coefficient (Wildman–Crippen LogP) is 24.1. The molecule has 1 unspecified atom stereocenters. The van der Waals surface area contributed by atoms with Crippen LogP contribution in [0.15, 0.2) is 72.9 Å². The van der Waals surface area contributed by atoms with Crippen molar-refractivity contribution in [3.8, 4) is 0 Å². The van der Waals surface area contributed by atoms with E-state index in [1.165, 1.54) is 238 Å². The lowest BCUT2D eigenvalue weighted by molar-refractivity contribution is -0.166. The maximum Gasteiger partial charge on any atom is 0.306 e. The van der Waals surface area contributed by atoms with Gasteiger partial charge in [-0.15, -0.1) is 0 Å². The fourth-order valence-corrected chi connectivity index (χ4v) is 10.3. The van der Waals surface area contributed by atoms with Crippen molar-refractivity contribution in [3.63, 3.8) is 0 Å². The number of hydrogen-bond acceptors (Lipinski definition) is 6. The van der Waals surface area contributed by atoms with E-state index in [0.717, 1.165) is 77.0 Å². The quantitative estimate of drug-likeness (QED) is 0.0261. The highest BCUT2D eigenvalue weighted by molar-refractivity contribution is 5.71. The maximum absolute atomic E-state index is 12.9. The molecule has 0 aliphatic rings. The van der Waals surface area contributed by atoms with Crippen LogP contribution < -0.4 is 0 Å². The molecule has 0 rings (SSSR count). The van der Waals surface area contributed by atoms with Gasteiger partial charge in [0.1, 0.15) is 13.2 Å². The monoisotopic (exact) mass is 1120 g/mol. The van der Waals surface area contributed by atoms with Crippen LogP contribution in [-0.4, -0.2) is 37.2 Å². The molecular formula is C74H132O6. The van der Waals surface area contributed by atoms with Gasteiger partial charge in [-0.05, 0) is 57.8 Å². The molecule has 6 nitrogen and oxygen atoms in total. The van der Waals surface area contributed by atoms with Gasteiger partial charge in [0.2, 0.25) is 0 Å². The van der Waals surface area contributed by atoms with Gasteiger partial charge in [0.15, 0.2) is 6.10 Å². The first-order valence-electron chi connectivity index (χ1n) is 34.9. The summed E-state index contributed by atoms with van der Waals surface area (Å²) in [4.78, 5) is 38.4. The van der Waals surface area contributed by atoms with Crippen LogP contribution in [0.4, 0.5) is 0 Å². The Bertz CT molecular complexity index is 1470. The normalized spacial score (nSPS) is 12.5. The van der Waals surface area contributed by atoms with Gasteiger partial charge in [-0.25, -0.2) is 0 Å². The van der Waals surface area contributed by atoms with Crippen LogP contribution in [0.1, 0.15) is 361 Å². The summed E-state index contributed by atoms with van der Waals surface area (Å²) in [7, 11) is 0. The molecular weight excluding hydrogens is 985 g/mol. The second-order valence-corrected chi connectivity index (χ2v) is 23.4. The molecule has 80 heavy (non-hydrogen) atoms. The Morgan fingerprint density at radius 1 is 0.263 bits per heavy atom. The van der Waals surface area contributed by atoms with E-state index in [9.17, 15) is 14.4 Å². The molecule has 0 aliphatic heterocycles. The lowest BCUT2D eigenvalue weighted by atomic mass is 10.0. The van der Waals surface area contributed by atoms with Crippen molar-refractivity contribution in [1.82, 2.24) is 0 Å². The van der Waals surface area contributed by atoms with Gasteiger partial charge < -0.3 is 14.2 Å². The molecule has 0 saturated carbocycles. The van der Waals surface area contributed by atoms with Crippen LogP contribution in [-0.2, 0) is 28.6 Å². The first kappa shape index (κ1) is 76.9. The van der Waals surface area contributed by atoms with Crippen molar-refractivity contribution < 1.29 is 28.6 Å². The Kier molecular flexibility index (Phi) is 65.7. The Labute approximate surface area is 497 Å². The molecule has 0 aliphatic carbocycles. The topological polar surface area (TPSA) is 78.9 Å². The molecule has 0 saturated heterocycles. The van der Waals surface area contributed by atoms with E-state index in [4.69, 9.17) is 14.2 Å². The highest BCUT2D eigenvalue weighted by atomic mass is 16.6. The number of hydrogen-bond donors (Lipinski definition) is 0. The molecule has 0 spiro atoms. The van der Waals surface area contributed by atoms with Crippen molar-refractivity contribution >= 4 is 17.9 Å². The Balaban J connectivity index is 4.33. The summed E-state index contributed by atoms with van der Waals surface area (Å²) in [5, 5.41) is 0. The largest absolute Gasteiger partial charge is 0.462 e. The number of ether oxygens (including phenoxy) is 3. The molecule has 464 valence electrons. The van der Waals surface area contributed by atoms with Crippen LogP contribution in [0, 0.1) is 0 Å². The minimum absolute atomic E-state index is 0.101. The molecule has 0 heterocycles. The summed E-state index contributed by atoms with van der Waals surface area (Å²) in [6.45, 7) is 6.53. The van der Waals surface area contributed by atoms with Gasteiger partial charge in [0.05, 0.1) is 0 Å². The van der Waals surface area contributed by atoms with Gasteiger partial charge >= 0.3 is 17.9 Å². The summed E-state index contributed by atoms with van der Waals surface area (Å²) < 4.78 is 16.9. The zero-order valence-electron chi connectivity index (χ0n) is 53.3. The highest BCUT2D eigenvalue weighted by Crippen LogP contribution is 2.18. The number of carbonyl (C=O) groups excluding carboxylic acids is 3. The van der Waals surface area contributed by atoms with E-state index in [1.54, 1.807) is 0 Å². The van der Waals surface area contributed by atoms with Crippen molar-refractivity contribution in [1.29, 1.82) is 0 Å². The summed E-state index contributed by atoms with van der Waals surface area (Å²) in [6.07, 6.45) is 89.5. The van der Waals surface area contributed by atoms with Crippen LogP contribution in [0.5, 0.6) is 0 Å². The molecule has 0 aromatic heterocycles. The number of unbranched alkanes of at least 4 members (excludes halogenated alkanes) is 41. The Morgan fingerprint density at radius 2 is 0.487 bits per heavy atom. The van der Waals surface area contributed by atoms with Gasteiger partial charge in [0, 0.05) is 19.3 Å². The van der Waals surface area contributed by atoms with Crippen LogP contribution in [0.25, 0.3) is 0 Å². The SMILES string of the molecule is CC/C=C\C/C=C\C/C=C\C/C=C\C/C=C\C/C=C\CCC(=O)OC(COC(=O)CCCCCCCCCCCCCCCCCC)COC(=O)CCCCCCCCCCCCCCCCCCCCCCCCCCCCC. The molecule has 0 N–H and O–H groups in total. The average Bonchev–Trinajstić information content (AvgIpc) is 3.46. The molecule has 0 amide bonds. The lowest BCUT2D eigenvalue weighted by Crippen LogP contribution is -2.30. The third-order valence-electron chi connectivity index (χ3n) is 15.5. The number of rotatable bonds is 64. The molecule has 6 heteroatoms. The minimum Gasteiger partial charge on any atom is -0.462 e. The molecule has 0 radical (unpaired) electrons. The summed E-state index contributed by atoms with van der Waals surface area (Å²) in [5.74, 6) is -0.963. The van der Waals surface area contributed by atoms with Crippen molar-refractivity contribution in [2.24, 2.45) is 0 Å². The lowest BCUT2D eigenvalue weighted by Gasteiger charge is -2.18. The van der Waals surface area contributed by atoms with E-state index in [0.29, 0.717) is 19.3 Å². The summed E-state index contributed by atoms with van der Waals surface area (Å²) >= 11 is 0. The number of carbonyl (C=O) groups is 3. The minimum atomic E-state index is -0.815. The zero-order chi connectivity index (χ0) is 57.8. The fraction of sp³-hybridized carbons (Fsp3) is 0.797. The third kappa shape index (κ3) is 65.7. The summed E-state index contributed by atoms with van der Waals surface area (Å²) in [6, 6.07) is 0. The fourth-order valence-electron chi connectivity index (χ4n) is 10.3. The van der Waals surface area contributed by atoms with Crippen LogP contribution in [0.2, 0.25) is 0 Å². The highest BCUT2D eigenvalue weighted by Gasteiger charge is 2.19. The number of esters is 3. The van der Waals surface area contributed by atoms with Crippen LogP contribution >= 0.6 is 0 Å². The van der Waals surface area contributed by atoms with Crippen molar-refractivity contribution in [2.75, 3.05) is 13.2 Å². The van der Waals surface area contributed by atoms with Crippen molar-refractivity contribution in [3.05, 3.63) is 72.9 Å². The third-order valence-corrected chi connectivity index (χ3v) is 15.5. The average molecular weight is 1120 g/mol. The van der Waals surface area contributed by atoms with E-state index in [-0.39, 0.29) is 37.5 Å². The smallest absolute Gasteiger partial charge is 0.306 e. The van der Waals surface area contributed by atoms with Gasteiger partial charge in [0.25, 0.3) is 0 Å². The van der Waals surface area contributed by atoms with Gasteiger partial charge in [-0.3, -0.25) is 14.4 Å². The van der Waals surface area contributed by atoms with Gasteiger partial charge in [-0.2, -0.15) is 0 Å². The van der Waals surface area contributed by atoms with E-state index in [2.05, 4.69) is 87.6 Å². The first-order valence-corrected chi connectivity index (χ1v) is 34.9. The predicted molar refractivity (Wildman–Crippen MR) is 348 cm³/mol. The van der Waals surface area contributed by atoms with E-state index >= 15 is 0 Å². The Morgan fingerprint density at radius 3 is 0.738 bits per heavy atom. The number of allylic oxidation sites excluding steroid dienone is 12.